The molecule has 1 aliphatic heterocycles. The number of aryl methyl sites for hydroxylation is 1. The highest BCUT2D eigenvalue weighted by atomic mass is 35.5. The highest BCUT2D eigenvalue weighted by Gasteiger charge is 2.29. The largest absolute Gasteiger partial charge is 0.350 e. The minimum absolute atomic E-state index is 0.0994. The number of halogens is 2. The third-order valence-electron chi connectivity index (χ3n) is 4.83. The van der Waals surface area contributed by atoms with Gasteiger partial charge in [-0.1, -0.05) is 41.9 Å². The summed E-state index contributed by atoms with van der Waals surface area (Å²) in [6.07, 6.45) is 3.12. The minimum Gasteiger partial charge on any atom is -0.350 e. The molecule has 0 bridgehead atoms. The van der Waals surface area contributed by atoms with E-state index in [1.165, 1.54) is 0 Å². The lowest BCUT2D eigenvalue weighted by Gasteiger charge is -2.31. The van der Waals surface area contributed by atoms with Crippen molar-refractivity contribution >= 4 is 11.6 Å². The van der Waals surface area contributed by atoms with Crippen LogP contribution in [-0.4, -0.2) is 16.0 Å². The maximum atomic E-state index is 14.6. The van der Waals surface area contributed by atoms with Crippen LogP contribution in [0.1, 0.15) is 29.3 Å². The summed E-state index contributed by atoms with van der Waals surface area (Å²) in [7, 11) is 0. The van der Waals surface area contributed by atoms with Crippen LogP contribution >= 0.6 is 11.6 Å². The second-order valence-electron chi connectivity index (χ2n) is 6.50. The summed E-state index contributed by atoms with van der Waals surface area (Å²) in [4.78, 5) is 2.35. The van der Waals surface area contributed by atoms with Crippen LogP contribution in [0.5, 0.6) is 0 Å². The Kier molecular flexibility index (Phi) is 4.60. The van der Waals surface area contributed by atoms with Crippen LogP contribution in [0.25, 0.3) is 0 Å². The van der Waals surface area contributed by atoms with E-state index < -0.39 is 0 Å². The van der Waals surface area contributed by atoms with Crippen molar-refractivity contribution in [1.82, 2.24) is 9.47 Å². The lowest BCUT2D eigenvalue weighted by Crippen LogP contribution is -2.30. The van der Waals surface area contributed by atoms with Crippen molar-refractivity contribution in [2.24, 2.45) is 0 Å². The molecule has 25 heavy (non-hydrogen) atoms. The molecule has 128 valence electrons. The average Bonchev–Trinajstić information content (AvgIpc) is 2.98. The normalized spacial score (nSPS) is 17.9. The summed E-state index contributed by atoms with van der Waals surface area (Å²) < 4.78 is 16.9. The van der Waals surface area contributed by atoms with Gasteiger partial charge in [0.25, 0.3) is 0 Å². The van der Waals surface area contributed by atoms with Crippen molar-refractivity contribution in [3.63, 3.8) is 0 Å². The van der Waals surface area contributed by atoms with E-state index in [9.17, 15) is 4.39 Å². The minimum atomic E-state index is -0.154. The molecule has 0 saturated carbocycles. The fourth-order valence-corrected chi connectivity index (χ4v) is 3.95. The first-order valence-corrected chi connectivity index (χ1v) is 8.98. The van der Waals surface area contributed by atoms with Gasteiger partial charge >= 0.3 is 0 Å². The molecular weight excluding hydrogens is 335 g/mol. The lowest BCUT2D eigenvalue weighted by molar-refractivity contribution is 0.216. The number of aromatic nitrogens is 1. The number of hydrogen-bond acceptors (Lipinski definition) is 1. The average molecular weight is 355 g/mol. The first-order valence-electron chi connectivity index (χ1n) is 8.60. The standard InChI is InChI=1S/C21H20ClFN2/c22-17-7-3-6-16(14-17)15-25-13-5-12-24-11-4-10-20(24)21(25)18-8-1-2-9-19(18)23/h1-4,6-11,14,21H,5,12-13,15H2/t21-/m0/s1. The van der Waals surface area contributed by atoms with Crippen LogP contribution < -0.4 is 0 Å². The number of rotatable bonds is 3. The molecule has 0 unspecified atom stereocenters. The van der Waals surface area contributed by atoms with E-state index in [0.717, 1.165) is 47.9 Å². The first-order chi connectivity index (χ1) is 12.2. The van der Waals surface area contributed by atoms with Gasteiger partial charge in [0, 0.05) is 42.1 Å². The van der Waals surface area contributed by atoms with Crippen molar-refractivity contribution in [2.45, 2.75) is 25.6 Å². The zero-order chi connectivity index (χ0) is 17.2. The van der Waals surface area contributed by atoms with Crippen molar-refractivity contribution in [2.75, 3.05) is 6.54 Å². The summed E-state index contributed by atoms with van der Waals surface area (Å²) in [6, 6.07) is 19.1. The lowest BCUT2D eigenvalue weighted by atomic mass is 10.0. The quantitative estimate of drug-likeness (QED) is 0.621. The second-order valence-corrected chi connectivity index (χ2v) is 6.94. The molecule has 0 fully saturated rings. The summed E-state index contributed by atoms with van der Waals surface area (Å²) in [5.41, 5.74) is 3.02. The van der Waals surface area contributed by atoms with Gasteiger partial charge in [0.15, 0.2) is 0 Å². The van der Waals surface area contributed by atoms with Gasteiger partial charge in [-0.25, -0.2) is 4.39 Å². The van der Waals surface area contributed by atoms with Crippen molar-refractivity contribution < 1.29 is 4.39 Å². The molecule has 0 N–H and O–H groups in total. The first kappa shape index (κ1) is 16.4. The predicted molar refractivity (Wildman–Crippen MR) is 99.2 cm³/mol. The van der Waals surface area contributed by atoms with Crippen LogP contribution in [0.2, 0.25) is 5.02 Å². The molecule has 2 nitrogen and oxygen atoms in total. The van der Waals surface area contributed by atoms with Crippen LogP contribution in [-0.2, 0) is 13.1 Å². The Labute approximate surface area is 152 Å². The van der Waals surface area contributed by atoms with Crippen molar-refractivity contribution in [3.8, 4) is 0 Å². The number of hydrogen-bond donors (Lipinski definition) is 0. The molecule has 1 aliphatic rings. The smallest absolute Gasteiger partial charge is 0.128 e. The Morgan fingerprint density at radius 2 is 1.88 bits per heavy atom. The Balaban J connectivity index is 1.77. The van der Waals surface area contributed by atoms with E-state index in [2.05, 4.69) is 27.8 Å². The molecule has 0 aliphatic carbocycles. The van der Waals surface area contributed by atoms with Gasteiger partial charge in [-0.05, 0) is 42.3 Å². The van der Waals surface area contributed by atoms with Crippen molar-refractivity contribution in [3.05, 3.63) is 94.5 Å². The predicted octanol–water partition coefficient (Wildman–Crippen LogP) is 5.28. The monoisotopic (exact) mass is 354 g/mol. The van der Waals surface area contributed by atoms with E-state index >= 15 is 0 Å². The van der Waals surface area contributed by atoms with Gasteiger partial charge in [-0.3, -0.25) is 4.90 Å². The van der Waals surface area contributed by atoms with Crippen LogP contribution in [0, 0.1) is 5.82 Å². The van der Waals surface area contributed by atoms with E-state index in [1.54, 1.807) is 12.1 Å². The van der Waals surface area contributed by atoms with Gasteiger partial charge in [0.2, 0.25) is 0 Å². The molecule has 0 saturated heterocycles. The summed E-state index contributed by atoms with van der Waals surface area (Å²) >= 11 is 6.15. The van der Waals surface area contributed by atoms with Crippen LogP contribution in [0.4, 0.5) is 4.39 Å². The topological polar surface area (TPSA) is 8.17 Å². The molecule has 3 aromatic rings. The Morgan fingerprint density at radius 3 is 2.72 bits per heavy atom. The Hall–Kier alpha value is -2.10. The fraction of sp³-hybridized carbons (Fsp3) is 0.238. The van der Waals surface area contributed by atoms with Crippen LogP contribution in [0.15, 0.2) is 66.9 Å². The molecule has 0 spiro atoms. The van der Waals surface area contributed by atoms with Gasteiger partial charge < -0.3 is 4.57 Å². The fourth-order valence-electron chi connectivity index (χ4n) is 3.73. The van der Waals surface area contributed by atoms with Gasteiger partial charge in [0.05, 0.1) is 6.04 Å². The van der Waals surface area contributed by atoms with Crippen molar-refractivity contribution in [1.29, 1.82) is 0 Å². The molecule has 0 radical (unpaired) electrons. The molecule has 2 heterocycles. The van der Waals surface area contributed by atoms with Gasteiger partial charge in [-0.15, -0.1) is 0 Å². The number of fused-ring (bicyclic) bond motifs is 1. The molecule has 1 atom stereocenters. The van der Waals surface area contributed by atoms with E-state index in [0.29, 0.717) is 0 Å². The molecule has 4 rings (SSSR count). The van der Waals surface area contributed by atoms with E-state index in [1.807, 2.05) is 36.4 Å². The maximum absolute atomic E-state index is 14.6. The maximum Gasteiger partial charge on any atom is 0.128 e. The second kappa shape index (κ2) is 7.03. The summed E-state index contributed by atoms with van der Waals surface area (Å²) in [5, 5.41) is 0.734. The third-order valence-corrected chi connectivity index (χ3v) is 5.06. The van der Waals surface area contributed by atoms with E-state index in [-0.39, 0.29) is 11.9 Å². The summed E-state index contributed by atoms with van der Waals surface area (Å²) in [6.45, 7) is 2.61. The molecule has 1 aromatic heterocycles. The highest BCUT2D eigenvalue weighted by Crippen LogP contribution is 2.34. The zero-order valence-electron chi connectivity index (χ0n) is 13.9. The highest BCUT2D eigenvalue weighted by molar-refractivity contribution is 6.30. The molecule has 4 heteroatoms. The Morgan fingerprint density at radius 1 is 1.00 bits per heavy atom. The molecule has 0 amide bonds. The summed E-state index contributed by atoms with van der Waals surface area (Å²) in [5.74, 6) is -0.154. The number of benzene rings is 2. The van der Waals surface area contributed by atoms with Gasteiger partial charge in [-0.2, -0.15) is 0 Å². The number of nitrogens with zero attached hydrogens (tertiary/aromatic N) is 2. The third kappa shape index (κ3) is 3.35. The SMILES string of the molecule is Fc1ccccc1[C@H]1c2cccn2CCCN1Cc1cccc(Cl)c1. The zero-order valence-corrected chi connectivity index (χ0v) is 14.7. The Bertz CT molecular complexity index is 874. The molecular formula is C21H20ClFN2. The molecule has 2 aromatic carbocycles. The van der Waals surface area contributed by atoms with E-state index in [4.69, 9.17) is 11.6 Å². The van der Waals surface area contributed by atoms with Gasteiger partial charge in [0.1, 0.15) is 5.82 Å². The van der Waals surface area contributed by atoms with Crippen LogP contribution in [0.3, 0.4) is 0 Å².